The summed E-state index contributed by atoms with van der Waals surface area (Å²) >= 11 is 1.31. The van der Waals surface area contributed by atoms with Crippen LogP contribution in [0.3, 0.4) is 0 Å². The minimum Gasteiger partial charge on any atom is -0.493 e. The van der Waals surface area contributed by atoms with E-state index in [1.54, 1.807) is 36.0 Å². The zero-order chi connectivity index (χ0) is 17.8. The Morgan fingerprint density at radius 3 is 2.20 bits per heavy atom. The van der Waals surface area contributed by atoms with E-state index in [9.17, 15) is 4.79 Å². The maximum Gasteiger partial charge on any atom is 0.212 e. The van der Waals surface area contributed by atoms with Gasteiger partial charge in [-0.25, -0.2) is 15.0 Å². The fourth-order valence-corrected chi connectivity index (χ4v) is 3.00. The minimum atomic E-state index is -0.252. The van der Waals surface area contributed by atoms with Gasteiger partial charge in [0.15, 0.2) is 22.3 Å². The third kappa shape index (κ3) is 3.29. The highest BCUT2D eigenvalue weighted by Crippen LogP contribution is 2.38. The van der Waals surface area contributed by atoms with Crippen molar-refractivity contribution in [1.29, 1.82) is 0 Å². The number of ether oxygens (including phenoxy) is 3. The average Bonchev–Trinajstić information content (AvgIpc) is 3.17. The van der Waals surface area contributed by atoms with Gasteiger partial charge in [0.2, 0.25) is 11.5 Å². The highest BCUT2D eigenvalue weighted by atomic mass is 32.1. The maximum absolute atomic E-state index is 12.8. The monoisotopic (exact) mass is 357 g/mol. The standard InChI is InChI=1S/C17H15N3O4S/c1-22-12-7-10(8-13(23-2)15(12)24-3)14(21)11-9-25-17(20-11)16-18-5-4-6-19-16/h4-9H,1-3H3. The van der Waals surface area contributed by atoms with Crippen LogP contribution in [0.1, 0.15) is 16.1 Å². The number of nitrogens with zero attached hydrogens (tertiary/aromatic N) is 3. The van der Waals surface area contributed by atoms with E-state index in [0.717, 1.165) is 0 Å². The first-order valence-electron chi connectivity index (χ1n) is 7.25. The Labute approximate surface area is 148 Å². The van der Waals surface area contributed by atoms with E-state index in [0.29, 0.717) is 39.3 Å². The van der Waals surface area contributed by atoms with Crippen LogP contribution in [0.4, 0.5) is 0 Å². The molecule has 0 amide bonds. The first-order chi connectivity index (χ1) is 12.2. The van der Waals surface area contributed by atoms with Gasteiger partial charge >= 0.3 is 0 Å². The third-order valence-electron chi connectivity index (χ3n) is 3.42. The molecule has 0 aliphatic carbocycles. The SMILES string of the molecule is COc1cc(C(=O)c2csc(-c3ncccn3)n2)cc(OC)c1OC. The Kier molecular flexibility index (Phi) is 4.90. The molecule has 0 unspecified atom stereocenters. The van der Waals surface area contributed by atoms with Crippen LogP contribution < -0.4 is 14.2 Å². The van der Waals surface area contributed by atoms with Crippen molar-refractivity contribution in [3.05, 3.63) is 47.2 Å². The van der Waals surface area contributed by atoms with Crippen LogP contribution in [0.2, 0.25) is 0 Å². The van der Waals surface area contributed by atoms with Gasteiger partial charge in [-0.05, 0) is 18.2 Å². The second-order valence-corrected chi connectivity index (χ2v) is 5.71. The molecule has 0 fully saturated rings. The van der Waals surface area contributed by atoms with Crippen molar-refractivity contribution in [2.45, 2.75) is 0 Å². The number of hydrogen-bond donors (Lipinski definition) is 0. The van der Waals surface area contributed by atoms with Crippen molar-refractivity contribution in [3.63, 3.8) is 0 Å². The van der Waals surface area contributed by atoms with Crippen LogP contribution in [0, 0.1) is 0 Å². The molecule has 0 saturated carbocycles. The number of carbonyl (C=O) groups is 1. The number of carbonyl (C=O) groups excluding carboxylic acids is 1. The van der Waals surface area contributed by atoms with Crippen LogP contribution in [0.5, 0.6) is 17.2 Å². The van der Waals surface area contributed by atoms with E-state index >= 15 is 0 Å². The van der Waals surface area contributed by atoms with E-state index in [1.807, 2.05) is 0 Å². The van der Waals surface area contributed by atoms with Crippen molar-refractivity contribution in [1.82, 2.24) is 15.0 Å². The normalized spacial score (nSPS) is 10.4. The highest BCUT2D eigenvalue weighted by molar-refractivity contribution is 7.13. The largest absolute Gasteiger partial charge is 0.493 e. The predicted octanol–water partition coefficient (Wildman–Crippen LogP) is 2.86. The molecule has 2 aromatic heterocycles. The van der Waals surface area contributed by atoms with Crippen molar-refractivity contribution >= 4 is 17.1 Å². The molecule has 2 heterocycles. The van der Waals surface area contributed by atoms with Gasteiger partial charge in [-0.2, -0.15) is 0 Å². The lowest BCUT2D eigenvalue weighted by molar-refractivity contribution is 0.103. The molecule has 0 saturated heterocycles. The molecule has 3 aromatic rings. The third-order valence-corrected chi connectivity index (χ3v) is 4.26. The van der Waals surface area contributed by atoms with Crippen LogP contribution >= 0.6 is 11.3 Å². The zero-order valence-electron chi connectivity index (χ0n) is 13.8. The molecule has 0 spiro atoms. The quantitative estimate of drug-likeness (QED) is 0.627. The number of hydrogen-bond acceptors (Lipinski definition) is 8. The topological polar surface area (TPSA) is 83.4 Å². The number of benzene rings is 1. The first kappa shape index (κ1) is 16.8. The number of thiazole rings is 1. The lowest BCUT2D eigenvalue weighted by Gasteiger charge is -2.13. The minimum absolute atomic E-state index is 0.252. The number of methoxy groups -OCH3 is 3. The van der Waals surface area contributed by atoms with Gasteiger partial charge in [0.1, 0.15) is 5.69 Å². The Morgan fingerprint density at radius 1 is 1.00 bits per heavy atom. The van der Waals surface area contributed by atoms with Crippen molar-refractivity contribution < 1.29 is 19.0 Å². The van der Waals surface area contributed by atoms with Gasteiger partial charge in [0, 0.05) is 23.3 Å². The molecule has 0 radical (unpaired) electrons. The number of rotatable bonds is 6. The molecule has 3 rings (SSSR count). The zero-order valence-corrected chi connectivity index (χ0v) is 14.7. The Balaban J connectivity index is 1.97. The fourth-order valence-electron chi connectivity index (χ4n) is 2.25. The summed E-state index contributed by atoms with van der Waals surface area (Å²) in [4.78, 5) is 25.4. The number of ketones is 1. The van der Waals surface area contributed by atoms with Crippen molar-refractivity contribution in [2.24, 2.45) is 0 Å². The summed E-state index contributed by atoms with van der Waals surface area (Å²) in [5, 5.41) is 2.26. The van der Waals surface area contributed by atoms with Gasteiger partial charge in [0.05, 0.1) is 21.3 Å². The summed E-state index contributed by atoms with van der Waals surface area (Å²) in [6, 6.07) is 4.92. The summed E-state index contributed by atoms with van der Waals surface area (Å²) in [5.41, 5.74) is 0.696. The molecule has 0 aliphatic heterocycles. The Hall–Kier alpha value is -3.00. The summed E-state index contributed by atoms with van der Waals surface area (Å²) in [6.07, 6.45) is 3.26. The Morgan fingerprint density at radius 2 is 1.64 bits per heavy atom. The van der Waals surface area contributed by atoms with Crippen LogP contribution in [-0.4, -0.2) is 42.1 Å². The smallest absolute Gasteiger partial charge is 0.212 e. The van der Waals surface area contributed by atoms with Gasteiger partial charge in [0.25, 0.3) is 0 Å². The number of aromatic nitrogens is 3. The van der Waals surface area contributed by atoms with Crippen LogP contribution in [0.15, 0.2) is 36.0 Å². The molecule has 1 aromatic carbocycles. The van der Waals surface area contributed by atoms with Gasteiger partial charge < -0.3 is 14.2 Å². The molecular formula is C17H15N3O4S. The van der Waals surface area contributed by atoms with Gasteiger partial charge in [-0.15, -0.1) is 11.3 Å². The summed E-state index contributed by atoms with van der Waals surface area (Å²) in [7, 11) is 4.51. The molecule has 7 nitrogen and oxygen atoms in total. The second-order valence-electron chi connectivity index (χ2n) is 4.85. The molecule has 0 bridgehead atoms. The molecule has 0 aliphatic rings. The molecule has 0 atom stereocenters. The lowest BCUT2D eigenvalue weighted by Crippen LogP contribution is -2.04. The predicted molar refractivity (Wildman–Crippen MR) is 92.7 cm³/mol. The van der Waals surface area contributed by atoms with Gasteiger partial charge in [-0.3, -0.25) is 4.79 Å². The Bertz CT molecular complexity index is 871. The molecule has 25 heavy (non-hydrogen) atoms. The molecular weight excluding hydrogens is 342 g/mol. The summed E-state index contributed by atoms with van der Waals surface area (Å²) in [5.74, 6) is 1.48. The van der Waals surface area contributed by atoms with E-state index in [1.165, 1.54) is 32.7 Å². The average molecular weight is 357 g/mol. The lowest BCUT2D eigenvalue weighted by atomic mass is 10.1. The fraction of sp³-hybridized carbons (Fsp3) is 0.176. The van der Waals surface area contributed by atoms with Crippen LogP contribution in [0.25, 0.3) is 10.8 Å². The van der Waals surface area contributed by atoms with Crippen LogP contribution in [-0.2, 0) is 0 Å². The van der Waals surface area contributed by atoms with E-state index < -0.39 is 0 Å². The summed E-state index contributed by atoms with van der Waals surface area (Å²) < 4.78 is 15.8. The van der Waals surface area contributed by atoms with Crippen molar-refractivity contribution in [2.75, 3.05) is 21.3 Å². The maximum atomic E-state index is 12.8. The second kappa shape index (κ2) is 7.27. The van der Waals surface area contributed by atoms with E-state index in [2.05, 4.69) is 15.0 Å². The molecule has 128 valence electrons. The molecule has 0 N–H and O–H groups in total. The highest BCUT2D eigenvalue weighted by Gasteiger charge is 2.20. The first-order valence-corrected chi connectivity index (χ1v) is 8.13. The van der Waals surface area contributed by atoms with Crippen molar-refractivity contribution in [3.8, 4) is 28.1 Å². The van der Waals surface area contributed by atoms with E-state index in [4.69, 9.17) is 14.2 Å². The van der Waals surface area contributed by atoms with Gasteiger partial charge in [-0.1, -0.05) is 0 Å². The van der Waals surface area contributed by atoms with E-state index in [-0.39, 0.29) is 5.78 Å². The summed E-state index contributed by atoms with van der Waals surface area (Å²) in [6.45, 7) is 0. The molecule has 8 heteroatoms.